The topological polar surface area (TPSA) is 77.9 Å². The summed E-state index contributed by atoms with van der Waals surface area (Å²) in [6.45, 7) is -0.440. The normalized spacial score (nSPS) is 9.47. The maximum Gasteiger partial charge on any atom is 0.341 e. The number of carboxylic acids is 1. The third-order valence-corrected chi connectivity index (χ3v) is 1.59. The van der Waals surface area contributed by atoms with E-state index in [0.717, 1.165) is 0 Å². The summed E-state index contributed by atoms with van der Waals surface area (Å²) in [6.07, 6.45) is 1.35. The Bertz CT molecular complexity index is 352. The van der Waals surface area contributed by atoms with Crippen molar-refractivity contribution in [3.8, 4) is 17.4 Å². The Hall–Kier alpha value is -1.98. The number of nitrogens with zero attached hydrogens (tertiary/aromatic N) is 1. The zero-order chi connectivity index (χ0) is 11.3. The Balaban J connectivity index is 2.82. The highest BCUT2D eigenvalue weighted by molar-refractivity contribution is 5.68. The molecule has 0 aromatic carbocycles. The summed E-state index contributed by atoms with van der Waals surface area (Å²) in [4.78, 5) is 14.1. The summed E-state index contributed by atoms with van der Waals surface area (Å²) >= 11 is 0. The van der Waals surface area contributed by atoms with Gasteiger partial charge in [-0.25, -0.2) is 9.78 Å². The molecule has 6 heteroatoms. The van der Waals surface area contributed by atoms with Crippen molar-refractivity contribution in [1.82, 2.24) is 4.98 Å². The first-order chi connectivity index (χ1) is 7.17. The quantitative estimate of drug-likeness (QED) is 0.770. The van der Waals surface area contributed by atoms with Gasteiger partial charge in [0, 0.05) is 6.07 Å². The van der Waals surface area contributed by atoms with Gasteiger partial charge in [0.15, 0.2) is 18.1 Å². The number of ether oxygens (including phenoxy) is 3. The van der Waals surface area contributed by atoms with Crippen molar-refractivity contribution in [2.24, 2.45) is 0 Å². The van der Waals surface area contributed by atoms with Gasteiger partial charge in [0.2, 0.25) is 5.88 Å². The van der Waals surface area contributed by atoms with E-state index >= 15 is 0 Å². The SMILES string of the molecule is COc1cc(OC)c(OCC(=O)O)cn1. The Morgan fingerprint density at radius 3 is 2.67 bits per heavy atom. The first-order valence-corrected chi connectivity index (χ1v) is 4.10. The molecule has 1 N–H and O–H groups in total. The van der Waals surface area contributed by atoms with E-state index in [1.807, 2.05) is 0 Å². The summed E-state index contributed by atoms with van der Waals surface area (Å²) in [5, 5.41) is 8.43. The molecule has 0 bridgehead atoms. The van der Waals surface area contributed by atoms with Crippen LogP contribution in [-0.2, 0) is 4.79 Å². The average molecular weight is 213 g/mol. The summed E-state index contributed by atoms with van der Waals surface area (Å²) in [6, 6.07) is 1.51. The minimum absolute atomic E-state index is 0.265. The molecule has 1 heterocycles. The van der Waals surface area contributed by atoms with Crippen LogP contribution in [0.3, 0.4) is 0 Å². The predicted octanol–water partition coefficient (Wildman–Crippen LogP) is 0.562. The van der Waals surface area contributed by atoms with Gasteiger partial charge in [-0.2, -0.15) is 0 Å². The van der Waals surface area contributed by atoms with Crippen LogP contribution in [0.1, 0.15) is 0 Å². The van der Waals surface area contributed by atoms with E-state index < -0.39 is 12.6 Å². The van der Waals surface area contributed by atoms with Crippen LogP contribution >= 0.6 is 0 Å². The zero-order valence-electron chi connectivity index (χ0n) is 8.39. The van der Waals surface area contributed by atoms with Gasteiger partial charge in [-0.15, -0.1) is 0 Å². The molecule has 6 nitrogen and oxygen atoms in total. The fraction of sp³-hybridized carbons (Fsp3) is 0.333. The number of rotatable bonds is 5. The standard InChI is InChI=1S/C9H11NO5/c1-13-6-3-8(14-2)10-4-7(6)15-5-9(11)12/h3-4H,5H2,1-2H3,(H,11,12). The monoisotopic (exact) mass is 213 g/mol. The minimum atomic E-state index is -1.06. The molecule has 15 heavy (non-hydrogen) atoms. The molecule has 0 aliphatic carbocycles. The highest BCUT2D eigenvalue weighted by Crippen LogP contribution is 2.28. The minimum Gasteiger partial charge on any atom is -0.493 e. The first-order valence-electron chi connectivity index (χ1n) is 4.10. The van der Waals surface area contributed by atoms with Crippen LogP contribution in [-0.4, -0.2) is 36.9 Å². The number of carbonyl (C=O) groups is 1. The third kappa shape index (κ3) is 3.01. The molecule has 0 aliphatic heterocycles. The van der Waals surface area contributed by atoms with Crippen molar-refractivity contribution < 1.29 is 24.1 Å². The zero-order valence-corrected chi connectivity index (χ0v) is 8.39. The molecule has 1 aromatic rings. The van der Waals surface area contributed by atoms with Crippen LogP contribution in [0.4, 0.5) is 0 Å². The van der Waals surface area contributed by atoms with E-state index in [4.69, 9.17) is 19.3 Å². The van der Waals surface area contributed by atoms with E-state index in [2.05, 4.69) is 4.98 Å². The lowest BCUT2D eigenvalue weighted by atomic mass is 10.4. The second-order valence-electron chi connectivity index (χ2n) is 2.56. The van der Waals surface area contributed by atoms with Gasteiger partial charge in [-0.05, 0) is 0 Å². The van der Waals surface area contributed by atoms with E-state index in [1.165, 1.54) is 26.5 Å². The van der Waals surface area contributed by atoms with Crippen LogP contribution in [0.5, 0.6) is 17.4 Å². The third-order valence-electron chi connectivity index (χ3n) is 1.59. The molecule has 82 valence electrons. The van der Waals surface area contributed by atoms with Gasteiger partial charge >= 0.3 is 5.97 Å². The number of methoxy groups -OCH3 is 2. The van der Waals surface area contributed by atoms with E-state index in [9.17, 15) is 4.79 Å². The molecule has 0 saturated heterocycles. The summed E-state index contributed by atoms with van der Waals surface area (Å²) in [7, 11) is 2.92. The van der Waals surface area contributed by atoms with Gasteiger partial charge in [-0.1, -0.05) is 0 Å². The van der Waals surface area contributed by atoms with Crippen LogP contribution < -0.4 is 14.2 Å². The molecule has 0 aliphatic rings. The highest BCUT2D eigenvalue weighted by atomic mass is 16.5. The Labute approximate surface area is 86.4 Å². The maximum atomic E-state index is 10.3. The summed E-state index contributed by atoms with van der Waals surface area (Å²) in [5.41, 5.74) is 0. The lowest BCUT2D eigenvalue weighted by molar-refractivity contribution is -0.139. The van der Waals surface area contributed by atoms with Gasteiger partial charge in [-0.3, -0.25) is 0 Å². The van der Waals surface area contributed by atoms with Gasteiger partial charge in [0.05, 0.1) is 20.4 Å². The van der Waals surface area contributed by atoms with Gasteiger partial charge in [0.25, 0.3) is 0 Å². The smallest absolute Gasteiger partial charge is 0.341 e. The number of hydrogen-bond donors (Lipinski definition) is 1. The second kappa shape index (κ2) is 5.04. The second-order valence-corrected chi connectivity index (χ2v) is 2.56. The van der Waals surface area contributed by atoms with Crippen LogP contribution in [0.15, 0.2) is 12.3 Å². The Morgan fingerprint density at radius 1 is 1.40 bits per heavy atom. The molecular weight excluding hydrogens is 202 g/mol. The Morgan fingerprint density at radius 2 is 2.13 bits per heavy atom. The highest BCUT2D eigenvalue weighted by Gasteiger charge is 2.08. The van der Waals surface area contributed by atoms with Crippen LogP contribution in [0, 0.1) is 0 Å². The predicted molar refractivity (Wildman–Crippen MR) is 50.5 cm³/mol. The molecule has 0 atom stereocenters. The van der Waals surface area contributed by atoms with E-state index in [1.54, 1.807) is 0 Å². The largest absolute Gasteiger partial charge is 0.493 e. The van der Waals surface area contributed by atoms with Crippen molar-refractivity contribution in [3.63, 3.8) is 0 Å². The van der Waals surface area contributed by atoms with Gasteiger partial charge in [0.1, 0.15) is 0 Å². The molecule has 1 aromatic heterocycles. The first kappa shape index (κ1) is 11.1. The van der Waals surface area contributed by atoms with Gasteiger partial charge < -0.3 is 19.3 Å². The summed E-state index contributed by atoms with van der Waals surface area (Å²) < 4.78 is 14.8. The van der Waals surface area contributed by atoms with Crippen molar-refractivity contribution in [1.29, 1.82) is 0 Å². The summed E-state index contributed by atoms with van der Waals surface area (Å²) in [5.74, 6) is -0.0498. The molecule has 0 unspecified atom stereocenters. The number of aliphatic carboxylic acids is 1. The molecule has 1 rings (SSSR count). The molecule has 0 spiro atoms. The molecule has 0 amide bonds. The van der Waals surface area contributed by atoms with Crippen LogP contribution in [0.25, 0.3) is 0 Å². The molecule has 0 saturated carbocycles. The van der Waals surface area contributed by atoms with E-state index in [0.29, 0.717) is 11.6 Å². The van der Waals surface area contributed by atoms with E-state index in [-0.39, 0.29) is 5.75 Å². The van der Waals surface area contributed by atoms with Crippen molar-refractivity contribution in [3.05, 3.63) is 12.3 Å². The Kier molecular flexibility index (Phi) is 3.73. The fourth-order valence-electron chi connectivity index (χ4n) is 0.925. The van der Waals surface area contributed by atoms with Crippen molar-refractivity contribution in [2.45, 2.75) is 0 Å². The fourth-order valence-corrected chi connectivity index (χ4v) is 0.925. The lowest BCUT2D eigenvalue weighted by Gasteiger charge is -2.09. The van der Waals surface area contributed by atoms with Crippen LogP contribution in [0.2, 0.25) is 0 Å². The van der Waals surface area contributed by atoms with Crippen molar-refractivity contribution >= 4 is 5.97 Å². The molecule has 0 radical (unpaired) electrons. The number of hydrogen-bond acceptors (Lipinski definition) is 5. The average Bonchev–Trinajstić information content (AvgIpc) is 2.25. The number of carboxylic acid groups (broad SMARTS) is 1. The lowest BCUT2D eigenvalue weighted by Crippen LogP contribution is -2.10. The number of aromatic nitrogens is 1. The maximum absolute atomic E-state index is 10.3. The van der Waals surface area contributed by atoms with Crippen molar-refractivity contribution in [2.75, 3.05) is 20.8 Å². The molecule has 0 fully saturated rings. The molecular formula is C9H11NO5. The number of pyridine rings is 1.